The van der Waals surface area contributed by atoms with Crippen molar-refractivity contribution in [2.45, 2.75) is 4.90 Å². The fourth-order valence-electron chi connectivity index (χ4n) is 2.56. The van der Waals surface area contributed by atoms with Gasteiger partial charge in [0.1, 0.15) is 27.2 Å². The summed E-state index contributed by atoms with van der Waals surface area (Å²) < 4.78 is 60.6. The fourth-order valence-corrected chi connectivity index (χ4v) is 5.78. The third-order valence-electron chi connectivity index (χ3n) is 3.62. The van der Waals surface area contributed by atoms with Gasteiger partial charge in [-0.2, -0.15) is 0 Å². The van der Waals surface area contributed by atoms with Crippen molar-refractivity contribution in [1.29, 1.82) is 0 Å². The molecule has 3 rings (SSSR count). The molecule has 0 radical (unpaired) electrons. The Balaban J connectivity index is 2.15. The van der Waals surface area contributed by atoms with E-state index in [0.29, 0.717) is 5.30 Å². The minimum absolute atomic E-state index is 0.150. The highest BCUT2D eigenvalue weighted by Crippen LogP contribution is 2.34. The summed E-state index contributed by atoms with van der Waals surface area (Å²) in [6, 6.07) is 21.8. The Labute approximate surface area is 160 Å². The van der Waals surface area contributed by atoms with Crippen LogP contribution in [0.4, 0.5) is 0 Å². The summed E-state index contributed by atoms with van der Waals surface area (Å²) in [6.07, 6.45) is 0. The minimum atomic E-state index is -4.59. The smallest absolute Gasteiger partial charge is 0.139 e. The zero-order chi connectivity index (χ0) is 19.4. The van der Waals surface area contributed by atoms with Crippen LogP contribution in [0.25, 0.3) is 0 Å². The maximum Gasteiger partial charge on any atom is 0.139 e. The predicted molar refractivity (Wildman–Crippen MR) is 103 cm³/mol. The summed E-state index contributed by atoms with van der Waals surface area (Å²) in [6.45, 7) is 0. The molecular formula is C18H13O6PS2-2. The van der Waals surface area contributed by atoms with E-state index in [4.69, 9.17) is 4.18 Å². The van der Waals surface area contributed by atoms with Gasteiger partial charge < -0.3 is 13.3 Å². The van der Waals surface area contributed by atoms with Gasteiger partial charge in [0.2, 0.25) is 0 Å². The van der Waals surface area contributed by atoms with Crippen LogP contribution in [-0.4, -0.2) is 21.7 Å². The standard InChI is InChI=1S/C18H15O6PS2/c19-26(20)24-14-6-4-9-16(12-14)25(15-7-2-1-3-8-15)17-10-5-11-18(13-17)27(21,22)23/h1-13H,(H,19,20)(H,21,22,23)/p-2. The average Bonchev–Trinajstić information content (AvgIpc) is 2.62. The van der Waals surface area contributed by atoms with Crippen molar-refractivity contribution >= 4 is 45.3 Å². The van der Waals surface area contributed by atoms with Gasteiger partial charge >= 0.3 is 0 Å². The first-order valence-electron chi connectivity index (χ1n) is 7.63. The number of hydrogen-bond acceptors (Lipinski definition) is 6. The molecule has 0 N–H and O–H groups in total. The van der Waals surface area contributed by atoms with Crippen LogP contribution >= 0.6 is 7.92 Å². The first-order chi connectivity index (χ1) is 12.8. The molecule has 0 spiro atoms. The predicted octanol–water partition coefficient (Wildman–Crippen LogP) is 1.52. The molecule has 0 aliphatic rings. The van der Waals surface area contributed by atoms with Crippen LogP contribution in [0.1, 0.15) is 0 Å². The zero-order valence-electron chi connectivity index (χ0n) is 13.7. The van der Waals surface area contributed by atoms with E-state index in [9.17, 15) is 21.7 Å². The van der Waals surface area contributed by atoms with Gasteiger partial charge in [0, 0.05) is 0 Å². The molecular weight excluding hydrogens is 407 g/mol. The first-order valence-corrected chi connectivity index (χ1v) is 11.4. The summed E-state index contributed by atoms with van der Waals surface area (Å²) in [7, 11) is -5.83. The lowest BCUT2D eigenvalue weighted by Crippen LogP contribution is -2.21. The zero-order valence-corrected chi connectivity index (χ0v) is 16.2. The van der Waals surface area contributed by atoms with Crippen LogP contribution < -0.4 is 20.1 Å². The van der Waals surface area contributed by atoms with E-state index >= 15 is 0 Å². The monoisotopic (exact) mass is 420 g/mol. The van der Waals surface area contributed by atoms with Gasteiger partial charge in [-0.25, -0.2) is 12.6 Å². The third kappa shape index (κ3) is 5.00. The average molecular weight is 420 g/mol. The quantitative estimate of drug-likeness (QED) is 0.340. The van der Waals surface area contributed by atoms with E-state index in [2.05, 4.69) is 0 Å². The summed E-state index contributed by atoms with van der Waals surface area (Å²) >= 11 is -2.71. The second-order valence-electron chi connectivity index (χ2n) is 5.41. The molecule has 3 aromatic rings. The Hall–Kier alpha value is -2.09. The summed E-state index contributed by atoms with van der Waals surface area (Å²) in [5.41, 5.74) is 0. The lowest BCUT2D eigenvalue weighted by atomic mass is 10.3. The second-order valence-corrected chi connectivity index (χ2v) is 9.58. The van der Waals surface area contributed by atoms with Gasteiger partial charge in [0.15, 0.2) is 0 Å². The lowest BCUT2D eigenvalue weighted by Gasteiger charge is -2.21. The van der Waals surface area contributed by atoms with Crippen LogP contribution in [0.3, 0.4) is 0 Å². The van der Waals surface area contributed by atoms with Crippen molar-refractivity contribution in [2.75, 3.05) is 0 Å². The van der Waals surface area contributed by atoms with E-state index in [1.54, 1.807) is 24.3 Å². The first kappa shape index (κ1) is 19.7. The highest BCUT2D eigenvalue weighted by molar-refractivity contribution is 7.86. The van der Waals surface area contributed by atoms with Crippen molar-refractivity contribution in [1.82, 2.24) is 0 Å². The van der Waals surface area contributed by atoms with Gasteiger partial charge in [-0.3, -0.25) is 0 Å². The van der Waals surface area contributed by atoms with Crippen molar-refractivity contribution in [3.05, 3.63) is 78.9 Å². The number of rotatable bonds is 6. The Morgan fingerprint density at radius 3 is 2.04 bits per heavy atom. The molecule has 0 aromatic heterocycles. The Morgan fingerprint density at radius 2 is 1.41 bits per heavy atom. The summed E-state index contributed by atoms with van der Waals surface area (Å²) in [4.78, 5) is -0.309. The molecule has 0 saturated carbocycles. The molecule has 9 heteroatoms. The molecule has 0 amide bonds. The van der Waals surface area contributed by atoms with E-state index in [1.165, 1.54) is 24.3 Å². The summed E-state index contributed by atoms with van der Waals surface area (Å²) in [5, 5.41) is 2.31. The molecule has 0 bridgehead atoms. The molecule has 0 heterocycles. The Bertz CT molecular complexity index is 1070. The maximum absolute atomic E-state index is 11.4. The molecule has 0 fully saturated rings. The van der Waals surface area contributed by atoms with Crippen molar-refractivity contribution in [3.63, 3.8) is 0 Å². The van der Waals surface area contributed by atoms with Crippen LogP contribution in [0, 0.1) is 0 Å². The molecule has 0 aliphatic carbocycles. The largest absolute Gasteiger partial charge is 0.744 e. The van der Waals surface area contributed by atoms with E-state index < -0.39 is 29.4 Å². The number of benzene rings is 3. The van der Waals surface area contributed by atoms with E-state index in [1.807, 2.05) is 30.3 Å². The molecule has 2 atom stereocenters. The Morgan fingerprint density at radius 1 is 0.815 bits per heavy atom. The van der Waals surface area contributed by atoms with Gasteiger partial charge in [0.05, 0.1) is 4.90 Å². The molecule has 140 valence electrons. The van der Waals surface area contributed by atoms with Crippen LogP contribution in [-0.2, 0) is 21.5 Å². The SMILES string of the molecule is O=S([O-])Oc1cccc(P(c2ccccc2)c2cccc(S(=O)(=O)[O-])c2)c1. The topological polar surface area (TPSA) is 107 Å². The van der Waals surface area contributed by atoms with Crippen molar-refractivity contribution in [2.24, 2.45) is 0 Å². The normalized spacial score (nSPS) is 13.7. The molecule has 2 unspecified atom stereocenters. The molecule has 3 aromatic carbocycles. The number of hydrogen-bond donors (Lipinski definition) is 0. The van der Waals surface area contributed by atoms with Gasteiger partial charge in [-0.15, -0.1) is 0 Å². The van der Waals surface area contributed by atoms with Crippen LogP contribution in [0.5, 0.6) is 5.75 Å². The van der Waals surface area contributed by atoms with Crippen LogP contribution in [0.15, 0.2) is 83.8 Å². The highest BCUT2D eigenvalue weighted by Gasteiger charge is 2.18. The van der Waals surface area contributed by atoms with Crippen molar-refractivity contribution in [3.8, 4) is 5.75 Å². The fraction of sp³-hybridized carbons (Fsp3) is 0. The van der Waals surface area contributed by atoms with Crippen molar-refractivity contribution < 1.29 is 25.9 Å². The van der Waals surface area contributed by atoms with Gasteiger partial charge in [0.25, 0.3) is 0 Å². The van der Waals surface area contributed by atoms with E-state index in [0.717, 1.165) is 10.6 Å². The second kappa shape index (κ2) is 8.29. The molecule has 0 aliphatic heterocycles. The third-order valence-corrected chi connectivity index (χ3v) is 7.18. The van der Waals surface area contributed by atoms with Gasteiger partial charge in [-0.1, -0.05) is 54.6 Å². The molecule has 6 nitrogen and oxygen atoms in total. The van der Waals surface area contributed by atoms with Gasteiger partial charge in [-0.05, 0) is 48.1 Å². The Kier molecular flexibility index (Phi) is 6.04. The highest BCUT2D eigenvalue weighted by atomic mass is 32.2. The van der Waals surface area contributed by atoms with Crippen LogP contribution in [0.2, 0.25) is 0 Å². The molecule has 0 saturated heterocycles. The maximum atomic E-state index is 11.4. The minimum Gasteiger partial charge on any atom is -0.744 e. The van der Waals surface area contributed by atoms with E-state index in [-0.39, 0.29) is 10.6 Å². The molecule has 27 heavy (non-hydrogen) atoms. The lowest BCUT2D eigenvalue weighted by molar-refractivity contribution is 0.440. The summed E-state index contributed by atoms with van der Waals surface area (Å²) in [5.74, 6) is 0.150.